The summed E-state index contributed by atoms with van der Waals surface area (Å²) >= 11 is 0. The van der Waals surface area contributed by atoms with Gasteiger partial charge in [-0.1, -0.05) is 36.4 Å². The van der Waals surface area contributed by atoms with Gasteiger partial charge in [0.25, 0.3) is 5.91 Å². The standard InChI is InChI=1S/C19H17NO2/c21-13-17-11-10-16(14-6-4-5-7-14)12-18(17)20-19(22)15-8-2-1-3-9-15/h1-4,6,8-14H,5,7H2,(H,20,22). The first kappa shape index (κ1) is 14.3. The largest absolute Gasteiger partial charge is 0.321 e. The lowest BCUT2D eigenvalue weighted by Crippen LogP contribution is -2.13. The topological polar surface area (TPSA) is 46.2 Å². The molecule has 1 aliphatic carbocycles. The highest BCUT2D eigenvalue weighted by atomic mass is 16.1. The predicted octanol–water partition coefficient (Wildman–Crippen LogP) is 4.19. The van der Waals surface area contributed by atoms with Gasteiger partial charge in [0.05, 0.1) is 5.69 Å². The molecule has 0 fully saturated rings. The van der Waals surface area contributed by atoms with Crippen molar-refractivity contribution in [1.29, 1.82) is 0 Å². The molecule has 22 heavy (non-hydrogen) atoms. The highest BCUT2D eigenvalue weighted by Crippen LogP contribution is 2.30. The van der Waals surface area contributed by atoms with Gasteiger partial charge in [-0.15, -0.1) is 0 Å². The molecular weight excluding hydrogens is 274 g/mol. The Morgan fingerprint density at radius 3 is 2.64 bits per heavy atom. The van der Waals surface area contributed by atoms with Crippen LogP contribution in [0.15, 0.2) is 60.7 Å². The number of hydrogen-bond donors (Lipinski definition) is 1. The Hall–Kier alpha value is -2.68. The maximum absolute atomic E-state index is 12.3. The molecular formula is C19H17NO2. The van der Waals surface area contributed by atoms with Crippen LogP contribution in [0.4, 0.5) is 5.69 Å². The number of carbonyl (C=O) groups is 2. The molecule has 0 heterocycles. The fourth-order valence-corrected chi connectivity index (χ4v) is 2.71. The monoisotopic (exact) mass is 291 g/mol. The van der Waals surface area contributed by atoms with Crippen molar-refractivity contribution in [2.45, 2.75) is 18.8 Å². The van der Waals surface area contributed by atoms with Gasteiger partial charge in [0.2, 0.25) is 0 Å². The average Bonchev–Trinajstić information content (AvgIpc) is 3.10. The van der Waals surface area contributed by atoms with Crippen LogP contribution in [0.3, 0.4) is 0 Å². The number of rotatable bonds is 4. The van der Waals surface area contributed by atoms with Crippen molar-refractivity contribution < 1.29 is 9.59 Å². The Bertz CT molecular complexity index is 719. The second kappa shape index (κ2) is 6.39. The number of benzene rings is 2. The van der Waals surface area contributed by atoms with Crippen molar-refractivity contribution >= 4 is 17.9 Å². The first-order chi connectivity index (χ1) is 10.8. The normalized spacial score (nSPS) is 16.5. The number of aldehydes is 1. The lowest BCUT2D eigenvalue weighted by atomic mass is 9.96. The molecule has 110 valence electrons. The van der Waals surface area contributed by atoms with Crippen LogP contribution in [0.1, 0.15) is 45.0 Å². The minimum Gasteiger partial charge on any atom is -0.321 e. The van der Waals surface area contributed by atoms with Crippen molar-refractivity contribution in [3.05, 3.63) is 77.4 Å². The summed E-state index contributed by atoms with van der Waals surface area (Å²) < 4.78 is 0. The van der Waals surface area contributed by atoms with E-state index in [9.17, 15) is 9.59 Å². The summed E-state index contributed by atoms with van der Waals surface area (Å²) in [6.45, 7) is 0. The lowest BCUT2D eigenvalue weighted by molar-refractivity contribution is 0.102. The van der Waals surface area contributed by atoms with E-state index in [-0.39, 0.29) is 5.91 Å². The molecule has 0 radical (unpaired) electrons. The molecule has 1 aliphatic rings. The van der Waals surface area contributed by atoms with Gasteiger partial charge in [-0.3, -0.25) is 9.59 Å². The van der Waals surface area contributed by atoms with Gasteiger partial charge in [0.15, 0.2) is 6.29 Å². The molecule has 0 bridgehead atoms. The molecule has 2 aromatic carbocycles. The van der Waals surface area contributed by atoms with Crippen molar-refractivity contribution in [2.24, 2.45) is 0 Å². The average molecular weight is 291 g/mol. The molecule has 3 nitrogen and oxygen atoms in total. The summed E-state index contributed by atoms with van der Waals surface area (Å²) in [6.07, 6.45) is 7.27. The predicted molar refractivity (Wildman–Crippen MR) is 87.3 cm³/mol. The third-order valence-corrected chi connectivity index (χ3v) is 3.93. The van der Waals surface area contributed by atoms with E-state index in [4.69, 9.17) is 0 Å². The molecule has 1 atom stereocenters. The van der Waals surface area contributed by atoms with E-state index >= 15 is 0 Å². The number of hydrogen-bond acceptors (Lipinski definition) is 2. The first-order valence-electron chi connectivity index (χ1n) is 7.40. The van der Waals surface area contributed by atoms with E-state index in [0.29, 0.717) is 22.7 Å². The van der Waals surface area contributed by atoms with Gasteiger partial charge in [-0.25, -0.2) is 0 Å². The molecule has 0 saturated carbocycles. The molecule has 0 spiro atoms. The molecule has 0 aromatic heterocycles. The minimum absolute atomic E-state index is 0.206. The van der Waals surface area contributed by atoms with Crippen LogP contribution in [0.25, 0.3) is 0 Å². The quantitative estimate of drug-likeness (QED) is 0.678. The fraction of sp³-hybridized carbons (Fsp3) is 0.158. The Morgan fingerprint density at radius 2 is 1.95 bits per heavy atom. The van der Waals surface area contributed by atoms with Gasteiger partial charge in [-0.2, -0.15) is 0 Å². The summed E-state index contributed by atoms with van der Waals surface area (Å²) in [5, 5.41) is 2.85. The number of allylic oxidation sites excluding steroid dienone is 2. The van der Waals surface area contributed by atoms with Crippen LogP contribution < -0.4 is 5.32 Å². The third-order valence-electron chi connectivity index (χ3n) is 3.93. The van der Waals surface area contributed by atoms with E-state index in [2.05, 4.69) is 17.5 Å². The van der Waals surface area contributed by atoms with E-state index in [0.717, 1.165) is 24.7 Å². The number of carbonyl (C=O) groups excluding carboxylic acids is 2. The Kier molecular flexibility index (Phi) is 4.15. The number of nitrogens with one attached hydrogen (secondary N) is 1. The molecule has 1 amide bonds. The van der Waals surface area contributed by atoms with Crippen LogP contribution in [0.2, 0.25) is 0 Å². The SMILES string of the molecule is O=Cc1ccc(C2C=CCC2)cc1NC(=O)c1ccccc1. The Labute approximate surface area is 129 Å². The van der Waals surface area contributed by atoms with Crippen molar-refractivity contribution in [3.8, 4) is 0 Å². The second-order valence-corrected chi connectivity index (χ2v) is 5.40. The van der Waals surface area contributed by atoms with E-state index in [1.807, 2.05) is 30.3 Å². The summed E-state index contributed by atoms with van der Waals surface area (Å²) in [6, 6.07) is 14.6. The van der Waals surface area contributed by atoms with Crippen molar-refractivity contribution in [3.63, 3.8) is 0 Å². The van der Waals surface area contributed by atoms with Gasteiger partial charge in [0.1, 0.15) is 0 Å². The van der Waals surface area contributed by atoms with Gasteiger partial charge in [-0.05, 0) is 42.7 Å². The maximum Gasteiger partial charge on any atom is 0.255 e. The zero-order valence-electron chi connectivity index (χ0n) is 12.2. The highest BCUT2D eigenvalue weighted by molar-refractivity contribution is 6.06. The molecule has 3 heteroatoms. The van der Waals surface area contributed by atoms with Crippen LogP contribution >= 0.6 is 0 Å². The van der Waals surface area contributed by atoms with Gasteiger partial charge >= 0.3 is 0 Å². The molecule has 0 saturated heterocycles. The second-order valence-electron chi connectivity index (χ2n) is 5.40. The molecule has 1 unspecified atom stereocenters. The summed E-state index contributed by atoms with van der Waals surface area (Å²) in [5.74, 6) is 0.163. The van der Waals surface area contributed by atoms with Crippen molar-refractivity contribution in [1.82, 2.24) is 0 Å². The maximum atomic E-state index is 12.3. The molecule has 3 rings (SSSR count). The van der Waals surface area contributed by atoms with E-state index < -0.39 is 0 Å². The molecule has 0 aliphatic heterocycles. The van der Waals surface area contributed by atoms with Crippen molar-refractivity contribution in [2.75, 3.05) is 5.32 Å². The number of anilines is 1. The van der Waals surface area contributed by atoms with Crippen LogP contribution in [-0.2, 0) is 0 Å². The Balaban J connectivity index is 1.88. The smallest absolute Gasteiger partial charge is 0.255 e. The highest BCUT2D eigenvalue weighted by Gasteiger charge is 2.15. The minimum atomic E-state index is -0.206. The van der Waals surface area contributed by atoms with Gasteiger partial charge in [0, 0.05) is 17.0 Å². The third kappa shape index (κ3) is 2.98. The summed E-state index contributed by atoms with van der Waals surface area (Å²) in [4.78, 5) is 23.5. The summed E-state index contributed by atoms with van der Waals surface area (Å²) in [5.41, 5.74) is 2.77. The fourth-order valence-electron chi connectivity index (χ4n) is 2.71. The van der Waals surface area contributed by atoms with Crippen LogP contribution in [0, 0.1) is 0 Å². The van der Waals surface area contributed by atoms with Gasteiger partial charge < -0.3 is 5.32 Å². The Morgan fingerprint density at radius 1 is 1.14 bits per heavy atom. The first-order valence-corrected chi connectivity index (χ1v) is 7.40. The summed E-state index contributed by atoms with van der Waals surface area (Å²) in [7, 11) is 0. The van der Waals surface area contributed by atoms with Crippen LogP contribution in [0.5, 0.6) is 0 Å². The molecule has 2 aromatic rings. The molecule has 1 N–H and O–H groups in total. The van der Waals surface area contributed by atoms with Crippen LogP contribution in [-0.4, -0.2) is 12.2 Å². The van der Waals surface area contributed by atoms with E-state index in [1.54, 1.807) is 18.2 Å². The number of amides is 1. The zero-order chi connectivity index (χ0) is 15.4. The zero-order valence-corrected chi connectivity index (χ0v) is 12.2. The van der Waals surface area contributed by atoms with E-state index in [1.165, 1.54) is 0 Å². The lowest BCUT2D eigenvalue weighted by Gasteiger charge is -2.13.